The molecule has 100 valence electrons. The van der Waals surface area contributed by atoms with Crippen LogP contribution in [-0.4, -0.2) is 63.2 Å². The van der Waals surface area contributed by atoms with Crippen molar-refractivity contribution in [1.82, 2.24) is 10.2 Å². The molecule has 0 aliphatic carbocycles. The molecule has 1 heterocycles. The normalized spacial score (nSPS) is 17.9. The zero-order valence-corrected chi connectivity index (χ0v) is 11.3. The number of nitrogens with zero attached hydrogens (tertiary/aromatic N) is 1. The van der Waals surface area contributed by atoms with Crippen molar-refractivity contribution in [3.63, 3.8) is 0 Å². The smallest absolute Gasteiger partial charge is 0.317 e. The van der Waals surface area contributed by atoms with Crippen LogP contribution in [0.2, 0.25) is 0 Å². The minimum atomic E-state index is -3.19. The lowest BCUT2D eigenvalue weighted by molar-refractivity contribution is 0.0531. The molecule has 6 nitrogen and oxygen atoms in total. The quantitative estimate of drug-likeness (QED) is 0.769. The molecule has 0 saturated carbocycles. The van der Waals surface area contributed by atoms with Crippen LogP contribution in [0.1, 0.15) is 13.8 Å². The molecule has 0 spiro atoms. The fourth-order valence-electron chi connectivity index (χ4n) is 1.30. The van der Waals surface area contributed by atoms with Gasteiger partial charge < -0.3 is 15.0 Å². The molecule has 2 amide bonds. The number of rotatable bonds is 3. The molecule has 0 aromatic heterocycles. The second-order valence-electron chi connectivity index (χ2n) is 4.79. The van der Waals surface area contributed by atoms with Crippen LogP contribution in [0.3, 0.4) is 0 Å². The van der Waals surface area contributed by atoms with Gasteiger partial charge in [0.05, 0.1) is 18.0 Å². The number of hydrogen-bond donors (Lipinski definition) is 1. The molecule has 0 bridgehead atoms. The number of sulfone groups is 1. The lowest BCUT2D eigenvalue weighted by atomic mass is 10.2. The van der Waals surface area contributed by atoms with Gasteiger partial charge in [-0.25, -0.2) is 13.2 Å². The van der Waals surface area contributed by atoms with E-state index < -0.39 is 14.6 Å². The number of urea groups is 1. The van der Waals surface area contributed by atoms with E-state index in [9.17, 15) is 13.2 Å². The van der Waals surface area contributed by atoms with Crippen molar-refractivity contribution in [1.29, 1.82) is 0 Å². The van der Waals surface area contributed by atoms with Gasteiger partial charge in [-0.2, -0.15) is 0 Å². The molecule has 17 heavy (non-hydrogen) atoms. The third-order valence-corrected chi connectivity index (χ3v) is 5.12. The van der Waals surface area contributed by atoms with Crippen LogP contribution < -0.4 is 5.32 Å². The minimum absolute atomic E-state index is 0.113. The van der Waals surface area contributed by atoms with E-state index in [4.69, 9.17) is 4.74 Å². The number of carbonyl (C=O) groups is 1. The van der Waals surface area contributed by atoms with Crippen LogP contribution in [0.25, 0.3) is 0 Å². The lowest BCUT2D eigenvalue weighted by Crippen LogP contribution is -2.51. The molecular weight excluding hydrogens is 244 g/mol. The van der Waals surface area contributed by atoms with Crippen molar-refractivity contribution in [2.24, 2.45) is 0 Å². The van der Waals surface area contributed by atoms with E-state index in [1.54, 1.807) is 18.7 Å². The molecule has 1 saturated heterocycles. The molecule has 0 aromatic carbocycles. The van der Waals surface area contributed by atoms with Gasteiger partial charge in [-0.05, 0) is 13.8 Å². The number of carbonyl (C=O) groups excluding carboxylic acids is 1. The third-order valence-electron chi connectivity index (χ3n) is 2.97. The van der Waals surface area contributed by atoms with Gasteiger partial charge in [-0.3, -0.25) is 0 Å². The predicted molar refractivity (Wildman–Crippen MR) is 64.7 cm³/mol. The Bertz CT molecular complexity index is 372. The van der Waals surface area contributed by atoms with Crippen molar-refractivity contribution >= 4 is 15.9 Å². The molecule has 0 aromatic rings. The van der Waals surface area contributed by atoms with Crippen LogP contribution in [0.4, 0.5) is 4.79 Å². The summed E-state index contributed by atoms with van der Waals surface area (Å²) in [7, 11) is -3.19. The SMILES string of the molecule is CC(C)(CNC(=O)N1CCOCC1)S(C)(=O)=O. The maximum atomic E-state index is 11.7. The second kappa shape index (κ2) is 5.22. The van der Waals surface area contributed by atoms with Gasteiger partial charge in [0, 0.05) is 25.9 Å². The Hall–Kier alpha value is -0.820. The van der Waals surface area contributed by atoms with Crippen LogP contribution in [0.5, 0.6) is 0 Å². The van der Waals surface area contributed by atoms with Crippen LogP contribution >= 0.6 is 0 Å². The molecule has 7 heteroatoms. The van der Waals surface area contributed by atoms with Gasteiger partial charge in [0.1, 0.15) is 0 Å². The highest BCUT2D eigenvalue weighted by atomic mass is 32.2. The summed E-state index contributed by atoms with van der Waals surface area (Å²) in [5, 5.41) is 2.65. The van der Waals surface area contributed by atoms with Crippen molar-refractivity contribution in [2.75, 3.05) is 39.1 Å². The largest absolute Gasteiger partial charge is 0.378 e. The summed E-state index contributed by atoms with van der Waals surface area (Å²) in [5.41, 5.74) is 0. The van der Waals surface area contributed by atoms with E-state index in [1.165, 1.54) is 6.26 Å². The molecule has 1 fully saturated rings. The summed E-state index contributed by atoms with van der Waals surface area (Å²) in [6.45, 7) is 5.47. The monoisotopic (exact) mass is 264 g/mol. The summed E-state index contributed by atoms with van der Waals surface area (Å²) in [4.78, 5) is 13.4. The first-order valence-corrected chi connectivity index (χ1v) is 7.43. The zero-order valence-electron chi connectivity index (χ0n) is 10.5. The summed E-state index contributed by atoms with van der Waals surface area (Å²) in [6.07, 6.45) is 1.17. The van der Waals surface area contributed by atoms with Crippen molar-refractivity contribution < 1.29 is 17.9 Å². The molecule has 1 aliphatic rings. The van der Waals surface area contributed by atoms with Gasteiger partial charge in [0.2, 0.25) is 0 Å². The fourth-order valence-corrected chi connectivity index (χ4v) is 1.63. The van der Waals surface area contributed by atoms with Gasteiger partial charge >= 0.3 is 6.03 Å². The molecule has 0 radical (unpaired) electrons. The number of ether oxygens (including phenoxy) is 1. The molecule has 1 rings (SSSR count). The number of nitrogens with one attached hydrogen (secondary N) is 1. The number of hydrogen-bond acceptors (Lipinski definition) is 4. The highest BCUT2D eigenvalue weighted by Gasteiger charge is 2.31. The molecule has 0 unspecified atom stereocenters. The minimum Gasteiger partial charge on any atom is -0.378 e. The predicted octanol–water partition coefficient (Wildman–Crippen LogP) is -0.149. The van der Waals surface area contributed by atoms with Crippen molar-refractivity contribution in [2.45, 2.75) is 18.6 Å². The molecule has 1 N–H and O–H groups in total. The second-order valence-corrected chi connectivity index (χ2v) is 7.44. The van der Waals surface area contributed by atoms with Crippen LogP contribution in [0, 0.1) is 0 Å². The summed E-state index contributed by atoms with van der Waals surface area (Å²) < 4.78 is 27.1. The van der Waals surface area contributed by atoms with Crippen molar-refractivity contribution in [3.05, 3.63) is 0 Å². The van der Waals surface area contributed by atoms with E-state index in [-0.39, 0.29) is 12.6 Å². The average Bonchev–Trinajstić information content (AvgIpc) is 2.25. The Morgan fingerprint density at radius 1 is 1.35 bits per heavy atom. The lowest BCUT2D eigenvalue weighted by Gasteiger charge is -2.29. The number of morpholine rings is 1. The summed E-state index contributed by atoms with van der Waals surface area (Å²) in [5.74, 6) is 0. The van der Waals surface area contributed by atoms with Crippen LogP contribution in [-0.2, 0) is 14.6 Å². The van der Waals surface area contributed by atoms with Gasteiger partial charge in [0.15, 0.2) is 9.84 Å². The Labute approximate surface area is 102 Å². The Morgan fingerprint density at radius 2 is 1.88 bits per heavy atom. The van der Waals surface area contributed by atoms with Crippen LogP contribution in [0.15, 0.2) is 0 Å². The van der Waals surface area contributed by atoms with E-state index in [0.29, 0.717) is 26.3 Å². The maximum Gasteiger partial charge on any atom is 0.317 e. The third kappa shape index (κ3) is 3.85. The van der Waals surface area contributed by atoms with Crippen molar-refractivity contribution in [3.8, 4) is 0 Å². The zero-order chi connectivity index (χ0) is 13.1. The molecular formula is C10H20N2O4S. The first kappa shape index (κ1) is 14.2. The topological polar surface area (TPSA) is 75.7 Å². The standard InChI is InChI=1S/C10H20N2O4S/c1-10(2,17(3,14)15)8-11-9(13)12-4-6-16-7-5-12/h4-8H2,1-3H3,(H,11,13). The van der Waals surface area contributed by atoms with E-state index in [2.05, 4.69) is 5.32 Å². The first-order chi connectivity index (χ1) is 7.74. The first-order valence-electron chi connectivity index (χ1n) is 5.54. The van der Waals surface area contributed by atoms with Gasteiger partial charge in [0.25, 0.3) is 0 Å². The number of amides is 2. The summed E-state index contributed by atoms with van der Waals surface area (Å²) >= 11 is 0. The Balaban J connectivity index is 2.47. The molecule has 0 atom stereocenters. The van der Waals surface area contributed by atoms with E-state index in [1.807, 2.05) is 0 Å². The maximum absolute atomic E-state index is 11.7. The van der Waals surface area contributed by atoms with E-state index >= 15 is 0 Å². The average molecular weight is 264 g/mol. The van der Waals surface area contributed by atoms with Gasteiger partial charge in [-0.15, -0.1) is 0 Å². The molecule has 1 aliphatic heterocycles. The van der Waals surface area contributed by atoms with E-state index in [0.717, 1.165) is 0 Å². The fraction of sp³-hybridized carbons (Fsp3) is 0.900. The highest BCUT2D eigenvalue weighted by Crippen LogP contribution is 2.13. The Kier molecular flexibility index (Phi) is 4.37. The van der Waals surface area contributed by atoms with Gasteiger partial charge in [-0.1, -0.05) is 0 Å². The highest BCUT2D eigenvalue weighted by molar-refractivity contribution is 7.92. The summed E-state index contributed by atoms with van der Waals surface area (Å²) in [6, 6.07) is -0.231. The Morgan fingerprint density at radius 3 is 2.35 bits per heavy atom.